The van der Waals surface area contributed by atoms with Crippen LogP contribution in [0.2, 0.25) is 0 Å². The second kappa shape index (κ2) is 8.37. The van der Waals surface area contributed by atoms with Crippen LogP contribution in [0, 0.1) is 13.8 Å². The van der Waals surface area contributed by atoms with E-state index in [1.54, 1.807) is 25.8 Å². The van der Waals surface area contributed by atoms with Crippen molar-refractivity contribution in [1.82, 2.24) is 14.8 Å². The number of methoxy groups -OCH3 is 2. The van der Waals surface area contributed by atoms with Gasteiger partial charge in [-0.3, -0.25) is 9.69 Å². The number of pyridine rings is 1. The Morgan fingerprint density at radius 3 is 2.36 bits per heavy atom. The number of ether oxygens (including phenoxy) is 2. The van der Waals surface area contributed by atoms with Gasteiger partial charge in [-0.2, -0.15) is 0 Å². The number of hydrogen-bond acceptors (Lipinski definition) is 5. The number of aryl methyl sites for hydroxylation is 1. The lowest BCUT2D eigenvalue weighted by Crippen LogP contribution is -2.48. The Balaban J connectivity index is 2.06. The SMILES string of the molecule is COc1cc(-c2cn(C)c(=O)c(C)c2C)cc(OC)c1CN1CCNC(C)C1. The lowest BCUT2D eigenvalue weighted by molar-refractivity contribution is 0.195. The zero-order valence-electron chi connectivity index (χ0n) is 17.8. The molecule has 0 saturated carbocycles. The molecule has 2 aromatic rings. The molecule has 28 heavy (non-hydrogen) atoms. The van der Waals surface area contributed by atoms with E-state index in [4.69, 9.17) is 9.47 Å². The van der Waals surface area contributed by atoms with Crippen molar-refractivity contribution in [2.75, 3.05) is 33.9 Å². The molecule has 1 saturated heterocycles. The van der Waals surface area contributed by atoms with Crippen molar-refractivity contribution in [2.45, 2.75) is 33.4 Å². The van der Waals surface area contributed by atoms with E-state index < -0.39 is 0 Å². The molecular weight excluding hydrogens is 354 g/mol. The zero-order valence-corrected chi connectivity index (χ0v) is 17.8. The lowest BCUT2D eigenvalue weighted by Gasteiger charge is -2.32. The van der Waals surface area contributed by atoms with Gasteiger partial charge in [-0.15, -0.1) is 0 Å². The summed E-state index contributed by atoms with van der Waals surface area (Å²) in [6.45, 7) is 9.82. The molecule has 2 heterocycles. The molecule has 6 nitrogen and oxygen atoms in total. The van der Waals surface area contributed by atoms with Gasteiger partial charge in [-0.25, -0.2) is 0 Å². The van der Waals surface area contributed by atoms with E-state index in [1.165, 1.54) is 0 Å². The van der Waals surface area contributed by atoms with Crippen molar-refractivity contribution < 1.29 is 9.47 Å². The van der Waals surface area contributed by atoms with Gasteiger partial charge in [-0.1, -0.05) is 0 Å². The first-order valence-corrected chi connectivity index (χ1v) is 9.73. The highest BCUT2D eigenvalue weighted by molar-refractivity contribution is 5.72. The molecule has 1 aromatic carbocycles. The first kappa shape index (κ1) is 20.4. The average molecular weight is 386 g/mol. The molecule has 1 aliphatic rings. The maximum atomic E-state index is 12.2. The van der Waals surface area contributed by atoms with E-state index in [-0.39, 0.29) is 5.56 Å². The summed E-state index contributed by atoms with van der Waals surface area (Å²) >= 11 is 0. The van der Waals surface area contributed by atoms with Gasteiger partial charge in [0, 0.05) is 56.6 Å². The third kappa shape index (κ3) is 3.93. The molecule has 0 spiro atoms. The molecule has 0 amide bonds. The van der Waals surface area contributed by atoms with E-state index >= 15 is 0 Å². The average Bonchev–Trinajstić information content (AvgIpc) is 2.69. The number of piperazine rings is 1. The molecule has 1 aliphatic heterocycles. The van der Waals surface area contributed by atoms with Crippen LogP contribution in [0.15, 0.2) is 23.1 Å². The third-order valence-electron chi connectivity index (χ3n) is 5.68. The number of hydrogen-bond donors (Lipinski definition) is 1. The van der Waals surface area contributed by atoms with Gasteiger partial charge in [0.1, 0.15) is 11.5 Å². The van der Waals surface area contributed by atoms with Gasteiger partial charge in [-0.05, 0) is 44.0 Å². The molecule has 152 valence electrons. The highest BCUT2D eigenvalue weighted by Gasteiger charge is 2.21. The fourth-order valence-electron chi connectivity index (χ4n) is 3.94. The summed E-state index contributed by atoms with van der Waals surface area (Å²) in [5.74, 6) is 1.62. The van der Waals surface area contributed by atoms with Gasteiger partial charge in [0.15, 0.2) is 0 Å². The van der Waals surface area contributed by atoms with E-state index in [1.807, 2.05) is 20.0 Å². The normalized spacial score (nSPS) is 17.6. The molecule has 1 fully saturated rings. The molecule has 0 bridgehead atoms. The number of benzene rings is 1. The standard InChI is InChI=1S/C22H31N3O3/c1-14-11-25(8-7-23-14)13-19-20(27-5)9-17(10-21(19)28-6)18-12-24(4)22(26)16(3)15(18)2/h9-10,12,14,23H,7-8,11,13H2,1-6H3. The van der Waals surface area contributed by atoms with Crippen molar-refractivity contribution in [3.8, 4) is 22.6 Å². The molecule has 1 atom stereocenters. The largest absolute Gasteiger partial charge is 0.496 e. The fourth-order valence-corrected chi connectivity index (χ4v) is 3.94. The first-order valence-electron chi connectivity index (χ1n) is 9.73. The van der Waals surface area contributed by atoms with Crippen molar-refractivity contribution in [3.63, 3.8) is 0 Å². The van der Waals surface area contributed by atoms with Gasteiger partial charge in [0.25, 0.3) is 5.56 Å². The van der Waals surface area contributed by atoms with Gasteiger partial charge in [0.2, 0.25) is 0 Å². The smallest absolute Gasteiger partial charge is 0.253 e. The van der Waals surface area contributed by atoms with Crippen molar-refractivity contribution in [1.29, 1.82) is 0 Å². The van der Waals surface area contributed by atoms with E-state index in [0.717, 1.165) is 65.5 Å². The van der Waals surface area contributed by atoms with E-state index in [2.05, 4.69) is 29.3 Å². The van der Waals surface area contributed by atoms with Crippen LogP contribution >= 0.6 is 0 Å². The minimum atomic E-state index is 0.0321. The second-order valence-corrected chi connectivity index (χ2v) is 7.66. The Bertz CT molecular complexity index is 895. The van der Waals surface area contributed by atoms with Crippen LogP contribution in [0.1, 0.15) is 23.6 Å². The highest BCUT2D eigenvalue weighted by Crippen LogP contribution is 2.37. The summed E-state index contributed by atoms with van der Waals surface area (Å²) in [5.41, 5.74) is 4.83. The monoisotopic (exact) mass is 385 g/mol. The van der Waals surface area contributed by atoms with Crippen molar-refractivity contribution >= 4 is 0 Å². The number of nitrogens with zero attached hydrogens (tertiary/aromatic N) is 2. The number of nitrogens with one attached hydrogen (secondary N) is 1. The minimum Gasteiger partial charge on any atom is -0.496 e. The van der Waals surface area contributed by atoms with Crippen LogP contribution in [-0.2, 0) is 13.6 Å². The molecule has 1 aromatic heterocycles. The van der Waals surface area contributed by atoms with E-state index in [0.29, 0.717) is 6.04 Å². The number of aromatic nitrogens is 1. The maximum Gasteiger partial charge on any atom is 0.253 e. The maximum absolute atomic E-state index is 12.2. The van der Waals surface area contributed by atoms with Crippen LogP contribution in [0.3, 0.4) is 0 Å². The Labute approximate surface area is 167 Å². The Hall–Kier alpha value is -2.31. The molecule has 3 rings (SSSR count). The highest BCUT2D eigenvalue weighted by atomic mass is 16.5. The molecule has 1 unspecified atom stereocenters. The first-order chi connectivity index (χ1) is 13.3. The van der Waals surface area contributed by atoms with Crippen molar-refractivity contribution in [2.24, 2.45) is 7.05 Å². The molecule has 6 heteroatoms. The quantitative estimate of drug-likeness (QED) is 0.857. The van der Waals surface area contributed by atoms with Crippen LogP contribution in [-0.4, -0.2) is 49.4 Å². The minimum absolute atomic E-state index is 0.0321. The lowest BCUT2D eigenvalue weighted by atomic mass is 9.97. The summed E-state index contributed by atoms with van der Waals surface area (Å²) in [6, 6.07) is 4.58. The summed E-state index contributed by atoms with van der Waals surface area (Å²) < 4.78 is 13.1. The van der Waals surface area contributed by atoms with Crippen molar-refractivity contribution in [3.05, 3.63) is 45.4 Å². The van der Waals surface area contributed by atoms with Gasteiger partial charge >= 0.3 is 0 Å². The van der Waals surface area contributed by atoms with Gasteiger partial charge in [0.05, 0.1) is 19.8 Å². The predicted octanol–water partition coefficient (Wildman–Crippen LogP) is 2.48. The van der Waals surface area contributed by atoms with E-state index in [9.17, 15) is 4.79 Å². The molecule has 0 radical (unpaired) electrons. The Kier molecular flexibility index (Phi) is 6.10. The topological polar surface area (TPSA) is 55.7 Å². The van der Waals surface area contributed by atoms with Crippen LogP contribution < -0.4 is 20.3 Å². The number of rotatable bonds is 5. The summed E-state index contributed by atoms with van der Waals surface area (Å²) in [4.78, 5) is 14.6. The summed E-state index contributed by atoms with van der Waals surface area (Å²) in [5, 5.41) is 3.47. The zero-order chi connectivity index (χ0) is 20.4. The Morgan fingerprint density at radius 1 is 1.14 bits per heavy atom. The summed E-state index contributed by atoms with van der Waals surface area (Å²) in [7, 11) is 5.18. The van der Waals surface area contributed by atoms with Crippen LogP contribution in [0.25, 0.3) is 11.1 Å². The molecule has 1 N–H and O–H groups in total. The third-order valence-corrected chi connectivity index (χ3v) is 5.68. The fraction of sp³-hybridized carbons (Fsp3) is 0.500. The predicted molar refractivity (Wildman–Crippen MR) is 112 cm³/mol. The van der Waals surface area contributed by atoms with Crippen LogP contribution in [0.5, 0.6) is 11.5 Å². The van der Waals surface area contributed by atoms with Gasteiger partial charge < -0.3 is 19.4 Å². The molecular formula is C22H31N3O3. The summed E-state index contributed by atoms with van der Waals surface area (Å²) in [6.07, 6.45) is 1.89. The Morgan fingerprint density at radius 2 is 1.79 bits per heavy atom. The molecule has 0 aliphatic carbocycles. The second-order valence-electron chi connectivity index (χ2n) is 7.66. The van der Waals surface area contributed by atoms with Crippen LogP contribution in [0.4, 0.5) is 0 Å².